The number of hydrogen-bond acceptors (Lipinski definition) is 22. The minimum Gasteiger partial charge on any atom is -0.508 e. The number of rotatable bonds is 20. The first-order chi connectivity index (χ1) is 52.6. The number of phenolic OH excluding ortho intramolecular Hbond substituents is 2. The molecule has 0 saturated carbocycles. The van der Waals surface area contributed by atoms with Crippen LogP contribution in [0.5, 0.6) is 11.5 Å². The van der Waals surface area contributed by atoms with Crippen molar-refractivity contribution in [3.8, 4) is 11.5 Å². The van der Waals surface area contributed by atoms with Crippen molar-refractivity contribution in [2.75, 3.05) is 46.8 Å². The monoisotopic (exact) mass is 1550 g/mol. The Morgan fingerprint density at radius 3 is 1.36 bits per heavy atom. The van der Waals surface area contributed by atoms with Crippen molar-refractivity contribution in [3.05, 3.63) is 144 Å². The number of aliphatic hydroxyl groups excluding tert-OH is 4. The van der Waals surface area contributed by atoms with Crippen LogP contribution in [0.3, 0.4) is 0 Å². The maximum Gasteiger partial charge on any atom is 0.325 e. The largest absolute Gasteiger partial charge is 0.508 e. The Morgan fingerprint density at radius 1 is 0.586 bits per heavy atom. The normalized spacial score (nSPS) is 29.2. The molecule has 6 rings (SSSR count). The highest BCUT2D eigenvalue weighted by molar-refractivity contribution is 5.94. The third-order valence-corrected chi connectivity index (χ3v) is 20.1. The Kier molecular flexibility index (Phi) is 39.0. The summed E-state index contributed by atoms with van der Waals surface area (Å²) in [5, 5.41) is 82.2. The van der Waals surface area contributed by atoms with Crippen LogP contribution in [0, 0.1) is 35.5 Å². The Morgan fingerprint density at radius 2 is 0.991 bits per heavy atom. The van der Waals surface area contributed by atoms with Crippen LogP contribution in [0.25, 0.3) is 0 Å². The lowest BCUT2D eigenvalue weighted by atomic mass is 9.84. The number of Topliss-reactive ketones (excluding diaryl/α,β-unsaturated/α-hetero) is 2. The Hall–Kier alpha value is -9.00. The predicted octanol–water partition coefficient (Wildman–Crippen LogP) is 4.88. The molecule has 2 fully saturated rings. The van der Waals surface area contributed by atoms with Crippen molar-refractivity contribution >= 4 is 58.9 Å². The fourth-order valence-corrected chi connectivity index (χ4v) is 13.1. The molecule has 28 nitrogen and oxygen atoms in total. The topological polar surface area (TPSA) is 404 Å². The number of carbonyl (C=O) groups excluding carboxylic acids is 10. The Balaban J connectivity index is 0.000000397. The van der Waals surface area contributed by atoms with Crippen LogP contribution >= 0.6 is 0 Å². The number of nitrogens with one attached hydrogen (secondary N) is 7. The van der Waals surface area contributed by atoms with Crippen molar-refractivity contribution in [2.45, 2.75) is 219 Å². The number of benzene rings is 2. The van der Waals surface area contributed by atoms with Gasteiger partial charge in [0.1, 0.15) is 71.5 Å². The van der Waals surface area contributed by atoms with Crippen molar-refractivity contribution in [3.63, 3.8) is 0 Å². The summed E-state index contributed by atoms with van der Waals surface area (Å²) in [6.07, 6.45) is 14.7. The van der Waals surface area contributed by atoms with Gasteiger partial charge in [0, 0.05) is 83.1 Å². The first-order valence-electron chi connectivity index (χ1n) is 38.6. The van der Waals surface area contributed by atoms with E-state index in [0.717, 1.165) is 11.1 Å². The van der Waals surface area contributed by atoms with E-state index in [-0.39, 0.29) is 74.7 Å². The van der Waals surface area contributed by atoms with Crippen LogP contribution in [0.4, 0.5) is 0 Å². The van der Waals surface area contributed by atoms with Crippen LogP contribution in [0.1, 0.15) is 145 Å². The second-order valence-electron chi connectivity index (χ2n) is 30.4. The smallest absolute Gasteiger partial charge is 0.325 e. The number of aromatic hydroxyl groups is 2. The molecule has 2 aromatic carbocycles. The molecule has 4 aliphatic heterocycles. The third-order valence-electron chi connectivity index (χ3n) is 20.1. The first kappa shape index (κ1) is 92.6. The number of amides is 6. The highest BCUT2D eigenvalue weighted by atomic mass is 16.6. The van der Waals surface area contributed by atoms with Gasteiger partial charge in [-0.2, -0.15) is 0 Å². The molecule has 6 amide bonds. The number of likely N-dealkylation sites (N-methyl/N-ethyl adjacent to an activating group) is 1. The lowest BCUT2D eigenvalue weighted by Crippen LogP contribution is -2.62. The average molecular weight is 1550 g/mol. The summed E-state index contributed by atoms with van der Waals surface area (Å²) in [6.45, 7) is 22.5. The number of hydrogen-bond donors (Lipinski definition) is 13. The van der Waals surface area contributed by atoms with Crippen molar-refractivity contribution in [1.29, 1.82) is 0 Å². The molecule has 2 unspecified atom stereocenters. The lowest BCUT2D eigenvalue weighted by Gasteiger charge is -2.36. The van der Waals surface area contributed by atoms with E-state index < -0.39 is 156 Å². The van der Waals surface area contributed by atoms with Gasteiger partial charge >= 0.3 is 11.9 Å². The van der Waals surface area contributed by atoms with E-state index in [9.17, 15) is 78.6 Å². The molecular formula is C83H122N10O18. The molecule has 612 valence electrons. The van der Waals surface area contributed by atoms with Crippen molar-refractivity contribution in [2.24, 2.45) is 35.5 Å². The molecule has 4 aliphatic rings. The minimum atomic E-state index is -1.39. The maximum absolute atomic E-state index is 14.3. The highest BCUT2D eigenvalue weighted by Crippen LogP contribution is 2.28. The van der Waals surface area contributed by atoms with E-state index in [1.165, 1.54) is 60.3 Å². The van der Waals surface area contributed by atoms with Crippen LogP contribution in [0.15, 0.2) is 133 Å². The van der Waals surface area contributed by atoms with Gasteiger partial charge < -0.3 is 81.2 Å². The quantitative estimate of drug-likeness (QED) is 0.0477. The molecule has 4 heterocycles. The number of hydrazine groups is 2. The number of nitrogens with zero attached hydrogens (tertiary/aromatic N) is 3. The highest BCUT2D eigenvalue weighted by Gasteiger charge is 2.42. The number of carbonyl (C=O) groups is 10. The number of cyclic esters (lactones) is 2. The molecule has 16 atom stereocenters. The zero-order valence-electron chi connectivity index (χ0n) is 66.5. The van der Waals surface area contributed by atoms with E-state index >= 15 is 0 Å². The Bertz CT molecular complexity index is 3650. The van der Waals surface area contributed by atoms with E-state index in [0.29, 0.717) is 69.3 Å². The fraction of sp³-hybridized carbons (Fsp3) is 0.566. The second-order valence-corrected chi connectivity index (χ2v) is 30.4. The predicted molar refractivity (Wildman–Crippen MR) is 421 cm³/mol. The molecule has 2 aromatic rings. The number of ketones is 2. The lowest BCUT2D eigenvalue weighted by molar-refractivity contribution is -0.157. The molecule has 28 heteroatoms. The van der Waals surface area contributed by atoms with Gasteiger partial charge in [-0.1, -0.05) is 133 Å². The summed E-state index contributed by atoms with van der Waals surface area (Å²) >= 11 is 0. The summed E-state index contributed by atoms with van der Waals surface area (Å²) in [6, 6.07) is 6.21. The Labute approximate surface area is 653 Å². The zero-order chi connectivity index (χ0) is 82.2. The van der Waals surface area contributed by atoms with Crippen molar-refractivity contribution in [1.82, 2.24) is 52.4 Å². The van der Waals surface area contributed by atoms with Gasteiger partial charge in [0.25, 0.3) is 11.8 Å². The van der Waals surface area contributed by atoms with Crippen LogP contribution in [-0.4, -0.2) is 224 Å². The molecule has 4 bridgehead atoms. The van der Waals surface area contributed by atoms with Gasteiger partial charge in [0.05, 0.1) is 36.3 Å². The molecule has 111 heavy (non-hydrogen) atoms. The summed E-state index contributed by atoms with van der Waals surface area (Å²) in [5.41, 5.74) is 8.78. The van der Waals surface area contributed by atoms with E-state index in [1.807, 2.05) is 45.0 Å². The van der Waals surface area contributed by atoms with E-state index in [1.54, 1.807) is 108 Å². The number of aliphatic hydroxyl groups is 4. The number of allylic oxidation sites excluding steroid dienone is 4. The van der Waals surface area contributed by atoms with Gasteiger partial charge in [0.2, 0.25) is 23.6 Å². The van der Waals surface area contributed by atoms with Crippen molar-refractivity contribution < 1.29 is 88.1 Å². The van der Waals surface area contributed by atoms with Crippen LogP contribution < -0.4 is 37.4 Å². The maximum atomic E-state index is 14.3. The fourth-order valence-electron chi connectivity index (χ4n) is 13.1. The molecule has 13 N–H and O–H groups in total. The standard InChI is InChI=1S/C42H61N5O9.C41H61N5O9/c1-7-21-43-22-20-27(4)36-17-10-8-9-16-35(50)29(6)38(51)32(19-18-28(5)48)39(52)45-37(26(2)3)40(53)44-34(25-30-13-11-14-31(49)24-30)41(54)47-23-12-15-33(46-47)42(55)56-36;1-25(2)36-39(52)42-33(24-29-13-11-14-30(48)23-29)40(53)46-21-12-15-32(44-46)41(54)55-35(26(3)20-22-45(6)7)17-10-8-9-16-34(49)28(5)37(50)31(38(51)43-36)19-18-27(4)47/h7-11,13-14,16,20,24,26,29,32-38,43,46,49-51H,1,12,15,17-19,21-23,25H2,2-6H3,(H,44,53)(H,45,52);8-11,13-14,16,20,23,25,28,31-37,44,48-50H,12,15,17-19,21-22,24H2,1-7H3,(H,42,52)(H,43,51)/b10-8+,16-9+,27-20+;10-8+,16-9+,26-20+/t29-,32+,33?,34-,35-,36-,37-,38+;28-,31+,32?,33-,34-,35-,36-,37+/m00/s1. The number of esters is 2. The number of ether oxygens (including phenoxy) is 2. The SMILES string of the molecule is C=CCNC/C=C(\C)[C@@H]1C/C=C/C=C/[C@H](O)[C@H](C)[C@@H](O)[C@@H](CCC(C)=O)C(=O)N[C@@H](C(C)C)C(=O)N[C@@H](Cc2cccc(O)c2)C(=O)N2CCCC(N2)C(=O)O1.CC(=O)CC[C@H]1C(=O)N[C@@H](C(C)C)C(=O)N[C@@H](Cc2cccc(O)c2)C(=O)N2CCCC(N2)C(=O)O[C@H](/C(C)=C/CN(C)C)C/C=C/C=C/[C@H](O)[C@H](C)[C@H]1O. The second kappa shape index (κ2) is 46.7. The number of phenols is 2. The summed E-state index contributed by atoms with van der Waals surface area (Å²) in [4.78, 5) is 138. The van der Waals surface area contributed by atoms with Gasteiger partial charge in [-0.3, -0.25) is 48.4 Å². The van der Waals surface area contributed by atoms with Gasteiger partial charge in [-0.25, -0.2) is 10.9 Å². The molecular weight excluding hydrogens is 1420 g/mol. The average Bonchev–Trinajstić information content (AvgIpc) is 0.818. The van der Waals surface area contributed by atoms with E-state index in [4.69, 9.17) is 9.47 Å². The summed E-state index contributed by atoms with van der Waals surface area (Å²) in [7, 11) is 3.85. The van der Waals surface area contributed by atoms with Gasteiger partial charge in [0.15, 0.2) is 0 Å². The summed E-state index contributed by atoms with van der Waals surface area (Å²) < 4.78 is 12.1. The van der Waals surface area contributed by atoms with E-state index in [2.05, 4.69) is 44.0 Å². The van der Waals surface area contributed by atoms with Gasteiger partial charge in [-0.15, -0.1) is 6.58 Å². The van der Waals surface area contributed by atoms with Crippen LogP contribution in [-0.2, 0) is 70.3 Å². The first-order valence-corrected chi connectivity index (χ1v) is 38.6. The third kappa shape index (κ3) is 30.6. The van der Waals surface area contributed by atoms with Gasteiger partial charge in [-0.05, 0) is 139 Å². The molecule has 2 saturated heterocycles. The molecule has 0 radical (unpaired) electrons. The molecule has 0 aliphatic carbocycles. The molecule has 0 aromatic heterocycles. The van der Waals surface area contributed by atoms with Crippen LogP contribution in [0.2, 0.25) is 0 Å². The minimum absolute atomic E-state index is 0.00640. The summed E-state index contributed by atoms with van der Waals surface area (Å²) in [5.74, 6) is -10.2. The zero-order valence-corrected chi connectivity index (χ0v) is 66.5. The number of fused-ring (bicyclic) bond motifs is 4. The molecule has 0 spiro atoms.